The molecule has 2 aliphatic carbocycles. The lowest BCUT2D eigenvalue weighted by atomic mass is 9.70. The van der Waals surface area contributed by atoms with Crippen LogP contribution in [0.15, 0.2) is 30.0 Å². The van der Waals surface area contributed by atoms with Gasteiger partial charge in [0.15, 0.2) is 0 Å². The molecule has 0 N–H and O–H groups in total. The van der Waals surface area contributed by atoms with Gasteiger partial charge < -0.3 is 0 Å². The third-order valence-corrected chi connectivity index (χ3v) is 4.75. The molecule has 0 saturated carbocycles. The van der Waals surface area contributed by atoms with Crippen molar-refractivity contribution in [2.45, 2.75) is 57.2 Å². The van der Waals surface area contributed by atoms with Gasteiger partial charge in [-0.05, 0) is 49.1 Å². The summed E-state index contributed by atoms with van der Waals surface area (Å²) in [6.07, 6.45) is 10.2. The zero-order chi connectivity index (χ0) is 13.5. The standard InChI is InChI=1S/C17H22ClN/c1-17(2)10-13(9-14(18)11-17)15-7-3-5-12-6-4-8-19-16(12)15/h4,6,8-9,14-15H,3,5,7,10-11H2,1-2H3. The van der Waals surface area contributed by atoms with Crippen molar-refractivity contribution >= 4 is 11.6 Å². The maximum atomic E-state index is 6.45. The van der Waals surface area contributed by atoms with Crippen molar-refractivity contribution in [2.75, 3.05) is 0 Å². The summed E-state index contributed by atoms with van der Waals surface area (Å²) in [5.41, 5.74) is 4.59. The minimum absolute atomic E-state index is 0.188. The molecule has 1 aromatic heterocycles. The number of allylic oxidation sites excluding steroid dienone is 2. The summed E-state index contributed by atoms with van der Waals surface area (Å²) in [6.45, 7) is 4.66. The van der Waals surface area contributed by atoms with Gasteiger partial charge in [-0.3, -0.25) is 4.98 Å². The SMILES string of the molecule is CC1(C)CC(C2CCCc3cccnc32)=CC(Cl)C1. The molecular formula is C17H22ClN. The highest BCUT2D eigenvalue weighted by Crippen LogP contribution is 2.45. The first-order valence-electron chi connectivity index (χ1n) is 7.34. The van der Waals surface area contributed by atoms with Crippen LogP contribution in [0.2, 0.25) is 0 Å². The van der Waals surface area contributed by atoms with E-state index in [9.17, 15) is 0 Å². The Morgan fingerprint density at radius 2 is 2.21 bits per heavy atom. The molecule has 2 unspecified atom stereocenters. The smallest absolute Gasteiger partial charge is 0.0524 e. The Bertz CT molecular complexity index is 504. The van der Waals surface area contributed by atoms with Crippen LogP contribution in [-0.2, 0) is 6.42 Å². The van der Waals surface area contributed by atoms with Crippen LogP contribution in [0.1, 0.15) is 56.7 Å². The number of pyridine rings is 1. The molecule has 0 fully saturated rings. The monoisotopic (exact) mass is 275 g/mol. The Morgan fingerprint density at radius 1 is 1.37 bits per heavy atom. The number of hydrogen-bond donors (Lipinski definition) is 0. The lowest BCUT2D eigenvalue weighted by molar-refractivity contribution is 0.311. The minimum atomic E-state index is 0.188. The Balaban J connectivity index is 1.95. The van der Waals surface area contributed by atoms with Gasteiger partial charge in [0, 0.05) is 12.1 Å². The van der Waals surface area contributed by atoms with E-state index in [1.165, 1.54) is 36.1 Å². The van der Waals surface area contributed by atoms with Crippen LogP contribution >= 0.6 is 11.6 Å². The van der Waals surface area contributed by atoms with Gasteiger partial charge in [0.2, 0.25) is 0 Å². The zero-order valence-electron chi connectivity index (χ0n) is 11.8. The van der Waals surface area contributed by atoms with Crippen LogP contribution in [0.5, 0.6) is 0 Å². The lowest BCUT2D eigenvalue weighted by Gasteiger charge is -2.37. The molecule has 2 aliphatic rings. The van der Waals surface area contributed by atoms with Gasteiger partial charge in [-0.25, -0.2) is 0 Å². The summed E-state index contributed by atoms with van der Waals surface area (Å²) in [5, 5.41) is 0.188. The maximum absolute atomic E-state index is 6.45. The molecule has 2 heteroatoms. The summed E-state index contributed by atoms with van der Waals surface area (Å²) in [5.74, 6) is 0.505. The number of hydrogen-bond acceptors (Lipinski definition) is 1. The van der Waals surface area contributed by atoms with E-state index < -0.39 is 0 Å². The van der Waals surface area contributed by atoms with E-state index in [1.54, 1.807) is 0 Å². The molecule has 0 amide bonds. The molecule has 1 aromatic rings. The normalized spacial score (nSPS) is 29.5. The van der Waals surface area contributed by atoms with E-state index in [-0.39, 0.29) is 5.38 Å². The van der Waals surface area contributed by atoms with Gasteiger partial charge in [0.1, 0.15) is 0 Å². The van der Waals surface area contributed by atoms with E-state index >= 15 is 0 Å². The van der Waals surface area contributed by atoms with Crippen molar-refractivity contribution in [1.29, 1.82) is 0 Å². The van der Waals surface area contributed by atoms with Crippen LogP contribution in [0.3, 0.4) is 0 Å². The van der Waals surface area contributed by atoms with Crippen molar-refractivity contribution in [3.8, 4) is 0 Å². The van der Waals surface area contributed by atoms with E-state index in [1.807, 2.05) is 6.20 Å². The molecule has 102 valence electrons. The van der Waals surface area contributed by atoms with E-state index in [0.717, 1.165) is 12.8 Å². The van der Waals surface area contributed by atoms with Crippen molar-refractivity contribution < 1.29 is 0 Å². The predicted octanol–water partition coefficient (Wildman–Crippen LogP) is 4.86. The molecule has 0 aromatic carbocycles. The molecule has 0 radical (unpaired) electrons. The van der Waals surface area contributed by atoms with Gasteiger partial charge in [-0.2, -0.15) is 0 Å². The number of fused-ring (bicyclic) bond motifs is 1. The first-order chi connectivity index (χ1) is 9.05. The van der Waals surface area contributed by atoms with Gasteiger partial charge in [-0.15, -0.1) is 11.6 Å². The number of rotatable bonds is 1. The molecular weight excluding hydrogens is 254 g/mol. The summed E-state index contributed by atoms with van der Waals surface area (Å²) < 4.78 is 0. The Hall–Kier alpha value is -0.820. The Kier molecular flexibility index (Phi) is 3.42. The second-order valence-corrected chi connectivity index (χ2v) is 7.36. The third-order valence-electron chi connectivity index (χ3n) is 4.47. The largest absolute Gasteiger partial charge is 0.260 e. The summed E-state index contributed by atoms with van der Waals surface area (Å²) in [6, 6.07) is 4.30. The zero-order valence-corrected chi connectivity index (χ0v) is 12.6. The molecule has 19 heavy (non-hydrogen) atoms. The highest BCUT2D eigenvalue weighted by Gasteiger charge is 2.33. The fourth-order valence-corrected chi connectivity index (χ4v) is 4.29. The van der Waals surface area contributed by atoms with Crippen LogP contribution in [0.4, 0.5) is 0 Å². The van der Waals surface area contributed by atoms with Crippen LogP contribution in [0, 0.1) is 5.41 Å². The van der Waals surface area contributed by atoms with Crippen LogP contribution < -0.4 is 0 Å². The molecule has 1 nitrogen and oxygen atoms in total. The van der Waals surface area contributed by atoms with Gasteiger partial charge in [0.05, 0.1) is 11.1 Å². The van der Waals surface area contributed by atoms with E-state index in [4.69, 9.17) is 11.6 Å². The molecule has 2 atom stereocenters. The van der Waals surface area contributed by atoms with Gasteiger partial charge >= 0.3 is 0 Å². The molecule has 1 heterocycles. The Morgan fingerprint density at radius 3 is 3.00 bits per heavy atom. The maximum Gasteiger partial charge on any atom is 0.0524 e. The van der Waals surface area contributed by atoms with Gasteiger partial charge in [0.25, 0.3) is 0 Å². The van der Waals surface area contributed by atoms with Gasteiger partial charge in [-0.1, -0.05) is 31.6 Å². The average molecular weight is 276 g/mol. The minimum Gasteiger partial charge on any atom is -0.260 e. The van der Waals surface area contributed by atoms with E-state index in [2.05, 4.69) is 37.0 Å². The first-order valence-corrected chi connectivity index (χ1v) is 7.77. The number of alkyl halides is 1. The van der Waals surface area contributed by atoms with E-state index in [0.29, 0.717) is 11.3 Å². The lowest BCUT2D eigenvalue weighted by Crippen LogP contribution is -2.26. The Labute approximate surface area is 121 Å². The topological polar surface area (TPSA) is 12.9 Å². The first kappa shape index (κ1) is 13.2. The fraction of sp³-hybridized carbons (Fsp3) is 0.588. The average Bonchev–Trinajstić information content (AvgIpc) is 2.35. The molecule has 3 rings (SSSR count). The summed E-state index contributed by atoms with van der Waals surface area (Å²) in [7, 11) is 0. The fourth-order valence-electron chi connectivity index (χ4n) is 3.71. The number of halogens is 1. The van der Waals surface area contributed by atoms with Crippen LogP contribution in [0.25, 0.3) is 0 Å². The highest BCUT2D eigenvalue weighted by atomic mass is 35.5. The van der Waals surface area contributed by atoms with Crippen molar-refractivity contribution in [3.63, 3.8) is 0 Å². The number of aryl methyl sites for hydroxylation is 1. The number of aromatic nitrogens is 1. The molecule has 0 saturated heterocycles. The predicted molar refractivity (Wildman–Crippen MR) is 80.7 cm³/mol. The second-order valence-electron chi connectivity index (χ2n) is 6.80. The van der Waals surface area contributed by atoms with Crippen LogP contribution in [-0.4, -0.2) is 10.4 Å². The molecule has 0 spiro atoms. The molecule has 0 bridgehead atoms. The highest BCUT2D eigenvalue weighted by molar-refractivity contribution is 6.21. The second kappa shape index (κ2) is 4.94. The molecule has 0 aliphatic heterocycles. The van der Waals surface area contributed by atoms with Crippen molar-refractivity contribution in [1.82, 2.24) is 4.98 Å². The third kappa shape index (κ3) is 2.72. The van der Waals surface area contributed by atoms with Crippen molar-refractivity contribution in [3.05, 3.63) is 41.2 Å². The number of nitrogens with zero attached hydrogens (tertiary/aromatic N) is 1. The summed E-state index contributed by atoms with van der Waals surface area (Å²) in [4.78, 5) is 4.66. The quantitative estimate of drug-likeness (QED) is 0.527. The van der Waals surface area contributed by atoms with Crippen molar-refractivity contribution in [2.24, 2.45) is 5.41 Å². The summed E-state index contributed by atoms with van der Waals surface area (Å²) >= 11 is 6.45.